The molecule has 0 aromatic heterocycles. The third kappa shape index (κ3) is 4.11. The van der Waals surface area contributed by atoms with Crippen LogP contribution < -0.4 is 16.8 Å². The number of primary amides is 1. The van der Waals surface area contributed by atoms with Crippen LogP contribution in [0.3, 0.4) is 0 Å². The Balaban J connectivity index is 2.39. The summed E-state index contributed by atoms with van der Waals surface area (Å²) in [5, 5.41) is 2.03. The highest BCUT2D eigenvalue weighted by Gasteiger charge is 2.23. The monoisotopic (exact) mass is 244 g/mol. The summed E-state index contributed by atoms with van der Waals surface area (Å²) < 4.78 is 0. The van der Waals surface area contributed by atoms with Crippen LogP contribution in [0.5, 0.6) is 0 Å². The summed E-state index contributed by atoms with van der Waals surface area (Å²) in [5.74, 6) is -0.235. The molecule has 1 unspecified atom stereocenters. The summed E-state index contributed by atoms with van der Waals surface area (Å²) >= 11 is 4.93. The molecule has 0 spiro atoms. The first-order valence-corrected chi connectivity index (χ1v) is 5.51. The number of thiocarbonyl (C=S) groups is 1. The summed E-state index contributed by atoms with van der Waals surface area (Å²) in [6, 6.07) is -0.826. The molecule has 0 radical (unpaired) electrons. The van der Waals surface area contributed by atoms with Gasteiger partial charge < -0.3 is 11.5 Å². The van der Waals surface area contributed by atoms with Crippen molar-refractivity contribution in [1.29, 1.82) is 0 Å². The lowest BCUT2D eigenvalue weighted by Gasteiger charge is -2.31. The van der Waals surface area contributed by atoms with E-state index in [4.69, 9.17) is 23.7 Å². The predicted molar refractivity (Wildman–Crippen MR) is 63.7 cm³/mol. The van der Waals surface area contributed by atoms with Crippen LogP contribution in [0.2, 0.25) is 0 Å². The molecule has 6 nitrogen and oxygen atoms in total. The molecule has 1 aliphatic heterocycles. The topological polar surface area (TPSA) is 101 Å². The Kier molecular flexibility index (Phi) is 4.63. The number of nitrogens with two attached hydrogens (primary N) is 2. The number of hydrogen-bond donors (Lipinski definition) is 3. The zero-order chi connectivity index (χ0) is 12.1. The molecule has 1 aliphatic rings. The second kappa shape index (κ2) is 5.76. The lowest BCUT2D eigenvalue weighted by Crippen LogP contribution is -2.47. The maximum absolute atomic E-state index is 11.3. The van der Waals surface area contributed by atoms with Gasteiger partial charge in [0.25, 0.3) is 0 Å². The van der Waals surface area contributed by atoms with E-state index in [-0.39, 0.29) is 12.5 Å². The van der Waals surface area contributed by atoms with Crippen molar-refractivity contribution < 1.29 is 9.59 Å². The van der Waals surface area contributed by atoms with Crippen LogP contribution in [0.1, 0.15) is 12.8 Å². The number of urea groups is 1. The highest BCUT2D eigenvalue weighted by Crippen LogP contribution is 2.16. The minimum atomic E-state index is -0.826. The Morgan fingerprint density at radius 3 is 2.69 bits per heavy atom. The van der Waals surface area contributed by atoms with E-state index >= 15 is 0 Å². The average Bonchev–Trinajstić information content (AvgIpc) is 2.16. The van der Waals surface area contributed by atoms with E-state index < -0.39 is 11.9 Å². The zero-order valence-electron chi connectivity index (χ0n) is 8.94. The van der Waals surface area contributed by atoms with E-state index in [9.17, 15) is 9.59 Å². The number of carbonyl (C=O) groups excluding carboxylic acids is 2. The van der Waals surface area contributed by atoms with Gasteiger partial charge in [-0.3, -0.25) is 15.0 Å². The highest BCUT2D eigenvalue weighted by molar-refractivity contribution is 7.80. The maximum Gasteiger partial charge on any atom is 0.318 e. The van der Waals surface area contributed by atoms with Gasteiger partial charge in [-0.1, -0.05) is 12.2 Å². The van der Waals surface area contributed by atoms with Crippen molar-refractivity contribution >= 4 is 29.1 Å². The summed E-state index contributed by atoms with van der Waals surface area (Å²) in [7, 11) is 0. The predicted octanol–water partition coefficient (Wildman–Crippen LogP) is -0.821. The van der Waals surface area contributed by atoms with Gasteiger partial charge in [0.15, 0.2) is 0 Å². The van der Waals surface area contributed by atoms with Gasteiger partial charge in [-0.2, -0.15) is 0 Å². The molecule has 3 amide bonds. The van der Waals surface area contributed by atoms with E-state index in [0.29, 0.717) is 11.5 Å². The molecule has 1 fully saturated rings. The molecule has 90 valence electrons. The summed E-state index contributed by atoms with van der Waals surface area (Å²) in [4.78, 5) is 24.1. The standard InChI is InChI=1S/C9H16N4O2S/c10-8(16)6-2-1-3-13(4-6)5-7(14)12-9(11)15/h6H,1-5H2,(H2,10,16)(H3,11,12,14,15). The molecule has 1 heterocycles. The first-order chi connectivity index (χ1) is 7.49. The third-order valence-electron chi connectivity index (χ3n) is 2.54. The van der Waals surface area contributed by atoms with Gasteiger partial charge in [0, 0.05) is 12.5 Å². The number of likely N-dealkylation sites (tertiary alicyclic amines) is 1. The molecule has 0 aromatic rings. The van der Waals surface area contributed by atoms with Crippen molar-refractivity contribution in [2.75, 3.05) is 19.6 Å². The van der Waals surface area contributed by atoms with Crippen molar-refractivity contribution in [3.05, 3.63) is 0 Å². The van der Waals surface area contributed by atoms with E-state index in [1.807, 2.05) is 10.2 Å². The molecule has 7 heteroatoms. The van der Waals surface area contributed by atoms with Crippen LogP contribution in [0, 0.1) is 5.92 Å². The molecule has 0 aliphatic carbocycles. The van der Waals surface area contributed by atoms with Crippen LogP contribution in [-0.4, -0.2) is 41.5 Å². The van der Waals surface area contributed by atoms with Gasteiger partial charge >= 0.3 is 6.03 Å². The molecule has 1 atom stereocenters. The second-order valence-corrected chi connectivity index (χ2v) is 4.36. The second-order valence-electron chi connectivity index (χ2n) is 3.89. The number of nitrogens with one attached hydrogen (secondary N) is 1. The smallest absolute Gasteiger partial charge is 0.318 e. The van der Waals surface area contributed by atoms with Crippen molar-refractivity contribution in [3.8, 4) is 0 Å². The minimum absolute atomic E-state index is 0.155. The van der Waals surface area contributed by atoms with Crippen molar-refractivity contribution in [2.45, 2.75) is 12.8 Å². The van der Waals surface area contributed by atoms with Crippen LogP contribution >= 0.6 is 12.2 Å². The van der Waals surface area contributed by atoms with E-state index in [1.54, 1.807) is 0 Å². The maximum atomic E-state index is 11.3. The number of hydrogen-bond acceptors (Lipinski definition) is 4. The van der Waals surface area contributed by atoms with Crippen LogP contribution in [0.4, 0.5) is 4.79 Å². The van der Waals surface area contributed by atoms with Crippen LogP contribution in [0.25, 0.3) is 0 Å². The Hall–Kier alpha value is -1.21. The summed E-state index contributed by atoms with van der Waals surface area (Å²) in [6.45, 7) is 1.63. The van der Waals surface area contributed by atoms with Crippen molar-refractivity contribution in [1.82, 2.24) is 10.2 Å². The number of amides is 3. The van der Waals surface area contributed by atoms with Gasteiger partial charge in [-0.15, -0.1) is 0 Å². The quantitative estimate of drug-likeness (QED) is 0.563. The van der Waals surface area contributed by atoms with Gasteiger partial charge in [0.05, 0.1) is 11.5 Å². The lowest BCUT2D eigenvalue weighted by atomic mass is 9.98. The van der Waals surface area contributed by atoms with Gasteiger partial charge in [-0.05, 0) is 19.4 Å². The average molecular weight is 244 g/mol. The van der Waals surface area contributed by atoms with E-state index in [2.05, 4.69) is 0 Å². The first kappa shape index (κ1) is 12.9. The van der Waals surface area contributed by atoms with Gasteiger partial charge in [0.2, 0.25) is 5.91 Å². The largest absolute Gasteiger partial charge is 0.393 e. The Morgan fingerprint density at radius 1 is 1.44 bits per heavy atom. The summed E-state index contributed by atoms with van der Waals surface area (Å²) in [5.41, 5.74) is 10.4. The van der Waals surface area contributed by atoms with Crippen LogP contribution in [0.15, 0.2) is 0 Å². The highest BCUT2D eigenvalue weighted by atomic mass is 32.1. The number of piperidine rings is 1. The SMILES string of the molecule is NC(=O)NC(=O)CN1CCCC(C(N)=S)C1. The van der Waals surface area contributed by atoms with Crippen molar-refractivity contribution in [2.24, 2.45) is 17.4 Å². The fourth-order valence-electron chi connectivity index (χ4n) is 1.81. The molecular formula is C9H16N4O2S. The third-order valence-corrected chi connectivity index (χ3v) is 2.87. The molecule has 0 aromatic carbocycles. The normalized spacial score (nSPS) is 21.4. The van der Waals surface area contributed by atoms with Gasteiger partial charge in [-0.25, -0.2) is 4.79 Å². The zero-order valence-corrected chi connectivity index (χ0v) is 9.76. The number of nitrogens with zero attached hydrogens (tertiary/aromatic N) is 1. The molecule has 1 rings (SSSR count). The van der Waals surface area contributed by atoms with Gasteiger partial charge in [0.1, 0.15) is 0 Å². The molecule has 0 saturated carbocycles. The fourth-order valence-corrected chi connectivity index (χ4v) is 2.00. The summed E-state index contributed by atoms with van der Waals surface area (Å²) in [6.07, 6.45) is 1.91. The molecule has 1 saturated heterocycles. The number of carbonyl (C=O) groups is 2. The Labute approximate surface area is 99.3 Å². The number of imide groups is 1. The number of rotatable bonds is 3. The first-order valence-electron chi connectivity index (χ1n) is 5.10. The Morgan fingerprint density at radius 2 is 2.12 bits per heavy atom. The minimum Gasteiger partial charge on any atom is -0.393 e. The van der Waals surface area contributed by atoms with E-state index in [0.717, 1.165) is 19.4 Å². The molecule has 16 heavy (non-hydrogen) atoms. The fraction of sp³-hybridized carbons (Fsp3) is 0.667. The van der Waals surface area contributed by atoms with E-state index in [1.165, 1.54) is 0 Å². The Bertz CT molecular complexity index is 308. The lowest BCUT2D eigenvalue weighted by molar-refractivity contribution is -0.121. The molecule has 0 bridgehead atoms. The molecule has 5 N–H and O–H groups in total. The van der Waals surface area contributed by atoms with Crippen LogP contribution in [-0.2, 0) is 4.79 Å². The van der Waals surface area contributed by atoms with Crippen molar-refractivity contribution in [3.63, 3.8) is 0 Å². The molecular weight excluding hydrogens is 228 g/mol.